The summed E-state index contributed by atoms with van der Waals surface area (Å²) in [6.45, 7) is 7.24. The average molecular weight is 326 g/mol. The summed E-state index contributed by atoms with van der Waals surface area (Å²) in [5, 5.41) is 3.73. The summed E-state index contributed by atoms with van der Waals surface area (Å²) in [7, 11) is 0. The van der Waals surface area contributed by atoms with Crippen molar-refractivity contribution in [2.75, 3.05) is 19.8 Å². The molecule has 0 bridgehead atoms. The Morgan fingerprint density at radius 3 is 2.74 bits per heavy atom. The maximum absolute atomic E-state index is 5.50. The van der Waals surface area contributed by atoms with E-state index in [2.05, 4.69) is 53.3 Å². The molecule has 106 valence electrons. The van der Waals surface area contributed by atoms with Crippen LogP contribution in [0.3, 0.4) is 0 Å². The van der Waals surface area contributed by atoms with Gasteiger partial charge < -0.3 is 10.1 Å². The van der Waals surface area contributed by atoms with Gasteiger partial charge in [-0.25, -0.2) is 0 Å². The zero-order valence-corrected chi connectivity index (χ0v) is 13.5. The third-order valence-electron chi connectivity index (χ3n) is 3.91. The molecule has 2 rings (SSSR count). The van der Waals surface area contributed by atoms with Crippen molar-refractivity contribution in [1.29, 1.82) is 0 Å². The van der Waals surface area contributed by atoms with Crippen LogP contribution in [-0.2, 0) is 4.74 Å². The quantitative estimate of drug-likeness (QED) is 0.874. The summed E-state index contributed by atoms with van der Waals surface area (Å²) in [5.74, 6) is 0.690. The number of benzene rings is 1. The Morgan fingerprint density at radius 1 is 1.37 bits per heavy atom. The zero-order valence-electron chi connectivity index (χ0n) is 11.9. The van der Waals surface area contributed by atoms with Crippen LogP contribution >= 0.6 is 15.9 Å². The van der Waals surface area contributed by atoms with Crippen LogP contribution in [0.2, 0.25) is 0 Å². The van der Waals surface area contributed by atoms with Crippen molar-refractivity contribution in [3.63, 3.8) is 0 Å². The van der Waals surface area contributed by atoms with Gasteiger partial charge in [0, 0.05) is 23.7 Å². The molecule has 0 amide bonds. The predicted molar refractivity (Wildman–Crippen MR) is 83.5 cm³/mol. The third kappa shape index (κ3) is 4.04. The van der Waals surface area contributed by atoms with Gasteiger partial charge in [0.05, 0.1) is 0 Å². The highest BCUT2D eigenvalue weighted by atomic mass is 79.9. The van der Waals surface area contributed by atoms with Gasteiger partial charge in [-0.3, -0.25) is 0 Å². The van der Waals surface area contributed by atoms with Crippen molar-refractivity contribution >= 4 is 15.9 Å². The Bertz CT molecular complexity index is 402. The van der Waals surface area contributed by atoms with E-state index >= 15 is 0 Å². The Hall–Kier alpha value is -0.380. The van der Waals surface area contributed by atoms with Crippen LogP contribution in [0.25, 0.3) is 0 Å². The van der Waals surface area contributed by atoms with Gasteiger partial charge in [0.1, 0.15) is 0 Å². The molecule has 1 fully saturated rings. The van der Waals surface area contributed by atoms with Crippen molar-refractivity contribution in [3.05, 3.63) is 33.8 Å². The number of halogens is 1. The van der Waals surface area contributed by atoms with Crippen LogP contribution in [0.5, 0.6) is 0 Å². The number of hydrogen-bond donors (Lipinski definition) is 1. The first kappa shape index (κ1) is 15.0. The number of ether oxygens (including phenoxy) is 1. The van der Waals surface area contributed by atoms with Crippen LogP contribution in [0, 0.1) is 12.8 Å². The molecule has 1 aromatic rings. The monoisotopic (exact) mass is 325 g/mol. The first-order valence-corrected chi connectivity index (χ1v) is 8.09. The van der Waals surface area contributed by atoms with E-state index in [-0.39, 0.29) is 0 Å². The van der Waals surface area contributed by atoms with E-state index in [1.54, 1.807) is 0 Å². The largest absolute Gasteiger partial charge is 0.381 e. The van der Waals surface area contributed by atoms with Crippen molar-refractivity contribution in [3.8, 4) is 0 Å². The number of aryl methyl sites for hydroxylation is 1. The third-order valence-corrected chi connectivity index (χ3v) is 4.76. The molecule has 1 aliphatic heterocycles. The second-order valence-electron chi connectivity index (χ2n) is 5.39. The van der Waals surface area contributed by atoms with Crippen molar-refractivity contribution in [2.45, 2.75) is 39.2 Å². The van der Waals surface area contributed by atoms with Crippen LogP contribution in [-0.4, -0.2) is 19.8 Å². The molecule has 19 heavy (non-hydrogen) atoms. The van der Waals surface area contributed by atoms with Crippen LogP contribution in [0.4, 0.5) is 0 Å². The molecule has 1 unspecified atom stereocenters. The highest BCUT2D eigenvalue weighted by Gasteiger charge is 2.25. The van der Waals surface area contributed by atoms with E-state index in [0.717, 1.165) is 32.6 Å². The molecule has 0 saturated carbocycles. The summed E-state index contributed by atoms with van der Waals surface area (Å²) in [6, 6.07) is 7.21. The molecule has 1 N–H and O–H groups in total. The molecule has 1 saturated heterocycles. The lowest BCUT2D eigenvalue weighted by molar-refractivity contribution is 0.0536. The van der Waals surface area contributed by atoms with Crippen molar-refractivity contribution < 1.29 is 4.74 Å². The van der Waals surface area contributed by atoms with Gasteiger partial charge in [0.25, 0.3) is 0 Å². The van der Waals surface area contributed by atoms with Crippen LogP contribution < -0.4 is 5.32 Å². The van der Waals surface area contributed by atoms with Gasteiger partial charge in [-0.1, -0.05) is 35.0 Å². The van der Waals surface area contributed by atoms with E-state index in [1.165, 1.54) is 22.0 Å². The highest BCUT2D eigenvalue weighted by molar-refractivity contribution is 9.10. The summed E-state index contributed by atoms with van der Waals surface area (Å²) >= 11 is 3.65. The predicted octanol–water partition coefficient (Wildman–Crippen LogP) is 4.22. The molecule has 0 radical (unpaired) electrons. The summed E-state index contributed by atoms with van der Waals surface area (Å²) in [6.07, 6.45) is 3.49. The van der Waals surface area contributed by atoms with Crippen LogP contribution in [0.15, 0.2) is 22.7 Å². The van der Waals surface area contributed by atoms with E-state index < -0.39 is 0 Å². The van der Waals surface area contributed by atoms with Gasteiger partial charge >= 0.3 is 0 Å². The fraction of sp³-hybridized carbons (Fsp3) is 0.625. The molecule has 1 aromatic carbocycles. The Morgan fingerprint density at radius 2 is 2.11 bits per heavy atom. The minimum absolute atomic E-state index is 0.459. The molecule has 3 heteroatoms. The van der Waals surface area contributed by atoms with E-state index in [9.17, 15) is 0 Å². The maximum atomic E-state index is 5.50. The maximum Gasteiger partial charge on any atom is 0.0469 e. The van der Waals surface area contributed by atoms with Crippen LogP contribution in [0.1, 0.15) is 43.4 Å². The van der Waals surface area contributed by atoms with Gasteiger partial charge in [-0.15, -0.1) is 0 Å². The highest BCUT2D eigenvalue weighted by Crippen LogP contribution is 2.32. The molecule has 0 aromatic heterocycles. The molecular weight excluding hydrogens is 302 g/mol. The second kappa shape index (κ2) is 7.41. The first-order chi connectivity index (χ1) is 9.22. The second-order valence-corrected chi connectivity index (χ2v) is 6.24. The van der Waals surface area contributed by atoms with E-state index in [4.69, 9.17) is 4.74 Å². The molecular formula is C16H24BrNO. The lowest BCUT2D eigenvalue weighted by Crippen LogP contribution is -2.32. The molecule has 1 heterocycles. The Kier molecular flexibility index (Phi) is 5.86. The molecule has 1 atom stereocenters. The minimum atomic E-state index is 0.459. The SMILES string of the molecule is CCCNC(c1ccc(C)c(Br)c1)C1CCOCC1. The lowest BCUT2D eigenvalue weighted by atomic mass is 9.86. The number of rotatable bonds is 5. The fourth-order valence-electron chi connectivity index (χ4n) is 2.71. The van der Waals surface area contributed by atoms with Crippen molar-refractivity contribution in [2.24, 2.45) is 5.92 Å². The van der Waals surface area contributed by atoms with Gasteiger partial charge in [0.15, 0.2) is 0 Å². The van der Waals surface area contributed by atoms with Crippen molar-refractivity contribution in [1.82, 2.24) is 5.32 Å². The summed E-state index contributed by atoms with van der Waals surface area (Å²) in [5.41, 5.74) is 2.70. The fourth-order valence-corrected chi connectivity index (χ4v) is 3.10. The van der Waals surface area contributed by atoms with E-state index in [1.807, 2.05) is 0 Å². The Labute approximate surface area is 125 Å². The zero-order chi connectivity index (χ0) is 13.7. The minimum Gasteiger partial charge on any atom is -0.381 e. The normalized spacial score (nSPS) is 18.5. The van der Waals surface area contributed by atoms with E-state index in [0.29, 0.717) is 12.0 Å². The number of nitrogens with one attached hydrogen (secondary N) is 1. The smallest absolute Gasteiger partial charge is 0.0469 e. The summed E-state index contributed by atoms with van der Waals surface area (Å²) < 4.78 is 6.70. The topological polar surface area (TPSA) is 21.3 Å². The average Bonchev–Trinajstić information content (AvgIpc) is 2.44. The molecule has 1 aliphatic rings. The van der Waals surface area contributed by atoms with Gasteiger partial charge in [0.2, 0.25) is 0 Å². The molecule has 0 aliphatic carbocycles. The number of hydrogen-bond acceptors (Lipinski definition) is 2. The van der Waals surface area contributed by atoms with Gasteiger partial charge in [-0.2, -0.15) is 0 Å². The molecule has 2 nitrogen and oxygen atoms in total. The molecule has 0 spiro atoms. The lowest BCUT2D eigenvalue weighted by Gasteiger charge is -2.31. The first-order valence-electron chi connectivity index (χ1n) is 7.29. The summed E-state index contributed by atoms with van der Waals surface area (Å²) in [4.78, 5) is 0. The Balaban J connectivity index is 2.17. The van der Waals surface area contributed by atoms with Gasteiger partial charge in [-0.05, 0) is 55.8 Å². The standard InChI is InChI=1S/C16H24BrNO/c1-3-8-18-16(13-6-9-19-10-7-13)14-5-4-12(2)15(17)11-14/h4-5,11,13,16,18H,3,6-10H2,1-2H3.